The highest BCUT2D eigenvalue weighted by molar-refractivity contribution is 6.08. The average Bonchev–Trinajstić information content (AvgIpc) is 3.07. The fraction of sp³-hybridized carbons (Fsp3) is 0.524. The summed E-state index contributed by atoms with van der Waals surface area (Å²) in [5.41, 5.74) is -1.50. The van der Waals surface area contributed by atoms with Crippen LogP contribution in [-0.4, -0.2) is 67.2 Å². The number of ketones is 1. The Bertz CT molecular complexity index is 916. The van der Waals surface area contributed by atoms with Gasteiger partial charge in [0.2, 0.25) is 0 Å². The van der Waals surface area contributed by atoms with Crippen molar-refractivity contribution in [2.45, 2.75) is 44.8 Å². The minimum atomic E-state index is -0.916. The van der Waals surface area contributed by atoms with E-state index in [1.807, 2.05) is 0 Å². The monoisotopic (exact) mass is 419 g/mol. The molecule has 2 aliphatic heterocycles. The fourth-order valence-corrected chi connectivity index (χ4v) is 3.65. The minimum Gasteiger partial charge on any atom is -0.484 e. The number of Topliss-reactive ketones (excluding diaryl/α,β-unsaturated/α-hetero) is 1. The van der Waals surface area contributed by atoms with Gasteiger partial charge in [-0.25, -0.2) is 14.4 Å². The summed E-state index contributed by atoms with van der Waals surface area (Å²) in [6.45, 7) is 5.89. The van der Waals surface area contributed by atoms with Crippen molar-refractivity contribution < 1.29 is 38.1 Å². The molecule has 1 amide bonds. The summed E-state index contributed by atoms with van der Waals surface area (Å²) in [5, 5.41) is 0. The zero-order valence-corrected chi connectivity index (χ0v) is 17.7. The molecule has 162 valence electrons. The molecule has 9 heteroatoms. The molecule has 1 fully saturated rings. The third-order valence-electron chi connectivity index (χ3n) is 5.01. The molecule has 1 saturated heterocycles. The number of esters is 2. The molecular weight excluding hydrogens is 394 g/mol. The number of nitrogens with zero attached hydrogens (tertiary/aromatic N) is 1. The Kier molecular flexibility index (Phi) is 5.49. The Morgan fingerprint density at radius 1 is 1.07 bits per heavy atom. The number of methoxy groups -OCH3 is 2. The van der Waals surface area contributed by atoms with Gasteiger partial charge in [0, 0.05) is 13.0 Å². The maximum absolute atomic E-state index is 12.9. The summed E-state index contributed by atoms with van der Waals surface area (Å²) in [4.78, 5) is 51.0. The number of fused-ring (bicyclic) bond motifs is 1. The first-order valence-electron chi connectivity index (χ1n) is 9.53. The Hall–Kier alpha value is -3.10. The topological polar surface area (TPSA) is 108 Å². The number of benzene rings is 1. The highest BCUT2D eigenvalue weighted by Crippen LogP contribution is 2.40. The number of amides is 1. The molecule has 1 atom stereocenters. The molecule has 2 heterocycles. The van der Waals surface area contributed by atoms with Crippen molar-refractivity contribution >= 4 is 23.8 Å². The lowest BCUT2D eigenvalue weighted by molar-refractivity contribution is 0.0171. The molecular formula is C21H25NO8. The van der Waals surface area contributed by atoms with Crippen molar-refractivity contribution in [2.75, 3.05) is 27.3 Å². The predicted molar refractivity (Wildman–Crippen MR) is 104 cm³/mol. The Labute approximate surface area is 174 Å². The molecule has 9 nitrogen and oxygen atoms in total. The molecule has 0 bridgehead atoms. The van der Waals surface area contributed by atoms with E-state index in [0.29, 0.717) is 13.0 Å². The van der Waals surface area contributed by atoms with E-state index in [4.69, 9.17) is 18.9 Å². The first kappa shape index (κ1) is 21.6. The van der Waals surface area contributed by atoms with Crippen LogP contribution in [0, 0.1) is 0 Å². The molecule has 0 saturated carbocycles. The van der Waals surface area contributed by atoms with Gasteiger partial charge in [-0.1, -0.05) is 0 Å². The number of carbonyl (C=O) groups excluding carboxylic acids is 4. The number of hydrogen-bond donors (Lipinski definition) is 0. The lowest BCUT2D eigenvalue weighted by atomic mass is 9.87. The van der Waals surface area contributed by atoms with Crippen molar-refractivity contribution in [1.82, 2.24) is 4.90 Å². The Morgan fingerprint density at radius 2 is 1.67 bits per heavy atom. The Balaban J connectivity index is 1.92. The van der Waals surface area contributed by atoms with Crippen molar-refractivity contribution in [3.05, 3.63) is 28.8 Å². The van der Waals surface area contributed by atoms with Crippen LogP contribution in [0.2, 0.25) is 0 Å². The molecule has 1 spiro atoms. The van der Waals surface area contributed by atoms with Crippen LogP contribution in [-0.2, 0) is 14.2 Å². The summed E-state index contributed by atoms with van der Waals surface area (Å²) < 4.78 is 21.0. The average molecular weight is 419 g/mol. The molecule has 1 unspecified atom stereocenters. The summed E-state index contributed by atoms with van der Waals surface area (Å²) in [6.07, 6.45) is -0.00110. The van der Waals surface area contributed by atoms with Crippen molar-refractivity contribution in [1.29, 1.82) is 0 Å². The molecule has 0 aliphatic carbocycles. The van der Waals surface area contributed by atoms with Gasteiger partial charge in [-0.3, -0.25) is 4.79 Å². The molecule has 0 radical (unpaired) electrons. The highest BCUT2D eigenvalue weighted by Gasteiger charge is 2.48. The van der Waals surface area contributed by atoms with E-state index in [1.165, 1.54) is 31.3 Å². The van der Waals surface area contributed by atoms with Gasteiger partial charge in [-0.05, 0) is 32.9 Å². The zero-order chi connectivity index (χ0) is 22.3. The highest BCUT2D eigenvalue weighted by atomic mass is 16.6. The second-order valence-electron chi connectivity index (χ2n) is 8.41. The van der Waals surface area contributed by atoms with E-state index in [2.05, 4.69) is 0 Å². The third kappa shape index (κ3) is 4.10. The van der Waals surface area contributed by atoms with Gasteiger partial charge in [0.1, 0.15) is 17.0 Å². The van der Waals surface area contributed by atoms with Crippen LogP contribution in [0.15, 0.2) is 12.1 Å². The second-order valence-corrected chi connectivity index (χ2v) is 8.41. The standard InChI is InChI=1S/C21H25NO8/c1-20(2,3)30-19(26)22-7-6-21(11-22)10-15(23)14-8-12(17(24)27-4)13(18(25)28-5)9-16(14)29-21/h8-9H,6-7,10-11H2,1-5H3. The fourth-order valence-electron chi connectivity index (χ4n) is 3.65. The van der Waals surface area contributed by atoms with E-state index in [0.717, 1.165) is 0 Å². The SMILES string of the molecule is COC(=O)c1cc2c(cc1C(=O)OC)C(=O)CC1(CCN(C(=O)OC(C)(C)C)C1)O2. The lowest BCUT2D eigenvalue weighted by Crippen LogP contribution is -2.46. The maximum Gasteiger partial charge on any atom is 0.410 e. The van der Waals surface area contributed by atoms with Gasteiger partial charge in [0.25, 0.3) is 0 Å². The van der Waals surface area contributed by atoms with Gasteiger partial charge in [-0.15, -0.1) is 0 Å². The van der Waals surface area contributed by atoms with E-state index < -0.39 is 29.2 Å². The van der Waals surface area contributed by atoms with Crippen LogP contribution in [0.1, 0.15) is 64.7 Å². The van der Waals surface area contributed by atoms with Gasteiger partial charge in [0.15, 0.2) is 5.78 Å². The van der Waals surface area contributed by atoms with E-state index in [-0.39, 0.29) is 41.2 Å². The Morgan fingerprint density at radius 3 is 2.23 bits per heavy atom. The van der Waals surface area contributed by atoms with Gasteiger partial charge < -0.3 is 23.8 Å². The van der Waals surface area contributed by atoms with Crippen molar-refractivity contribution in [2.24, 2.45) is 0 Å². The van der Waals surface area contributed by atoms with Gasteiger partial charge >= 0.3 is 18.0 Å². The first-order chi connectivity index (χ1) is 14.0. The van der Waals surface area contributed by atoms with Crippen LogP contribution < -0.4 is 4.74 Å². The molecule has 3 rings (SSSR count). The summed E-state index contributed by atoms with van der Waals surface area (Å²) in [6, 6.07) is 2.62. The van der Waals surface area contributed by atoms with Crippen molar-refractivity contribution in [3.63, 3.8) is 0 Å². The minimum absolute atomic E-state index is 0.0392. The molecule has 0 aromatic heterocycles. The normalized spacial score (nSPS) is 20.4. The maximum atomic E-state index is 12.9. The third-order valence-corrected chi connectivity index (χ3v) is 5.01. The number of likely N-dealkylation sites (tertiary alicyclic amines) is 1. The lowest BCUT2D eigenvalue weighted by Gasteiger charge is -2.35. The molecule has 2 aliphatic rings. The number of ether oxygens (including phenoxy) is 4. The zero-order valence-electron chi connectivity index (χ0n) is 17.7. The largest absolute Gasteiger partial charge is 0.484 e. The number of hydrogen-bond acceptors (Lipinski definition) is 8. The first-order valence-corrected chi connectivity index (χ1v) is 9.53. The molecule has 30 heavy (non-hydrogen) atoms. The van der Waals surface area contributed by atoms with E-state index in [9.17, 15) is 19.2 Å². The number of rotatable bonds is 2. The van der Waals surface area contributed by atoms with Crippen LogP contribution in [0.4, 0.5) is 4.79 Å². The van der Waals surface area contributed by atoms with Gasteiger partial charge in [0.05, 0.1) is 43.9 Å². The van der Waals surface area contributed by atoms with Crippen molar-refractivity contribution in [3.8, 4) is 5.75 Å². The van der Waals surface area contributed by atoms with Gasteiger partial charge in [-0.2, -0.15) is 0 Å². The van der Waals surface area contributed by atoms with Crippen LogP contribution >= 0.6 is 0 Å². The van der Waals surface area contributed by atoms with Crippen LogP contribution in [0.5, 0.6) is 5.75 Å². The summed E-state index contributed by atoms with van der Waals surface area (Å²) in [7, 11) is 2.37. The quantitative estimate of drug-likeness (QED) is 0.532. The summed E-state index contributed by atoms with van der Waals surface area (Å²) in [5.74, 6) is -1.59. The smallest absolute Gasteiger partial charge is 0.410 e. The summed E-state index contributed by atoms with van der Waals surface area (Å²) >= 11 is 0. The molecule has 1 aromatic carbocycles. The van der Waals surface area contributed by atoms with E-state index >= 15 is 0 Å². The molecule has 1 aromatic rings. The number of carbonyl (C=O) groups is 4. The molecule has 0 N–H and O–H groups in total. The van der Waals surface area contributed by atoms with Crippen LogP contribution in [0.25, 0.3) is 0 Å². The predicted octanol–water partition coefficient (Wildman–Crippen LogP) is 2.60. The second kappa shape index (κ2) is 7.62. The van der Waals surface area contributed by atoms with Crippen LogP contribution in [0.3, 0.4) is 0 Å². The van der Waals surface area contributed by atoms with E-state index in [1.54, 1.807) is 20.8 Å².